The lowest BCUT2D eigenvalue weighted by Gasteiger charge is -2.30. The monoisotopic (exact) mass is 376 g/mol. The van der Waals surface area contributed by atoms with Crippen LogP contribution in [0, 0.1) is 0 Å². The highest BCUT2D eigenvalue weighted by Gasteiger charge is 2.20. The van der Waals surface area contributed by atoms with Crippen molar-refractivity contribution in [1.82, 2.24) is 10.2 Å². The van der Waals surface area contributed by atoms with E-state index in [0.29, 0.717) is 18.7 Å². The second-order valence-corrected chi connectivity index (χ2v) is 8.20. The molecule has 1 aromatic carbocycles. The third-order valence-electron chi connectivity index (χ3n) is 4.39. The van der Waals surface area contributed by atoms with Crippen LogP contribution in [0.15, 0.2) is 18.2 Å². The van der Waals surface area contributed by atoms with Gasteiger partial charge in [0.25, 0.3) is 0 Å². The molecule has 3 amide bonds. The molecule has 0 heterocycles. The van der Waals surface area contributed by atoms with Crippen LogP contribution in [-0.2, 0) is 11.3 Å². The van der Waals surface area contributed by atoms with E-state index < -0.39 is 0 Å². The van der Waals surface area contributed by atoms with Crippen molar-refractivity contribution in [2.45, 2.75) is 72.5 Å². The zero-order valence-electron chi connectivity index (χ0n) is 18.1. The number of carbonyl (C=O) groups excluding carboxylic acids is 2. The quantitative estimate of drug-likeness (QED) is 0.749. The number of anilines is 2. The van der Waals surface area contributed by atoms with E-state index in [1.807, 2.05) is 69.8 Å². The Hall–Kier alpha value is -2.24. The van der Waals surface area contributed by atoms with E-state index in [-0.39, 0.29) is 23.5 Å². The van der Waals surface area contributed by atoms with Gasteiger partial charge in [-0.15, -0.1) is 0 Å². The summed E-state index contributed by atoms with van der Waals surface area (Å²) in [7, 11) is 3.96. The van der Waals surface area contributed by atoms with Crippen LogP contribution in [0.3, 0.4) is 0 Å². The van der Waals surface area contributed by atoms with Gasteiger partial charge < -0.3 is 20.4 Å². The first-order chi connectivity index (χ1) is 12.5. The molecule has 0 aliphatic rings. The summed E-state index contributed by atoms with van der Waals surface area (Å²) in [5.41, 5.74) is 2.45. The van der Waals surface area contributed by atoms with Crippen molar-refractivity contribution in [3.05, 3.63) is 23.8 Å². The second-order valence-electron chi connectivity index (χ2n) is 8.20. The molecule has 1 rings (SSSR count). The minimum Gasteiger partial charge on any atom is -0.377 e. The Balaban J connectivity index is 3.14. The minimum absolute atomic E-state index is 0.137. The van der Waals surface area contributed by atoms with E-state index in [1.165, 1.54) is 0 Å². The van der Waals surface area contributed by atoms with Gasteiger partial charge in [0.2, 0.25) is 5.91 Å². The highest BCUT2D eigenvalue weighted by molar-refractivity contribution is 5.90. The summed E-state index contributed by atoms with van der Waals surface area (Å²) in [6.07, 6.45) is 1.38. The number of hydrogen-bond donors (Lipinski definition) is 2. The molecule has 0 bridgehead atoms. The van der Waals surface area contributed by atoms with E-state index >= 15 is 0 Å². The van der Waals surface area contributed by atoms with Gasteiger partial charge in [-0.1, -0.05) is 13.8 Å². The predicted octanol–water partition coefficient (Wildman–Crippen LogP) is 4.21. The number of carbonyl (C=O) groups is 2. The first-order valence-electron chi connectivity index (χ1n) is 9.67. The maximum Gasteiger partial charge on any atom is 0.319 e. The van der Waals surface area contributed by atoms with Gasteiger partial charge in [0, 0.05) is 50.0 Å². The lowest BCUT2D eigenvalue weighted by atomic mass is 10.1. The van der Waals surface area contributed by atoms with E-state index in [9.17, 15) is 9.59 Å². The topological polar surface area (TPSA) is 64.7 Å². The summed E-state index contributed by atoms with van der Waals surface area (Å²) in [5, 5.41) is 5.79. The van der Waals surface area contributed by atoms with Crippen LogP contribution in [0.1, 0.15) is 59.9 Å². The molecule has 27 heavy (non-hydrogen) atoms. The predicted molar refractivity (Wildman–Crippen MR) is 113 cm³/mol. The van der Waals surface area contributed by atoms with Crippen molar-refractivity contribution in [2.24, 2.45) is 0 Å². The molecule has 0 spiro atoms. The molecular formula is C21H36N4O2. The van der Waals surface area contributed by atoms with Gasteiger partial charge >= 0.3 is 6.03 Å². The van der Waals surface area contributed by atoms with E-state index in [1.54, 1.807) is 0 Å². The van der Waals surface area contributed by atoms with Crippen LogP contribution in [0.5, 0.6) is 0 Å². The standard InChI is InChI=1S/C21H36N4O2/c1-9-15(3)25(19(26)10-2)14-16-13-17(11-12-18(16)24(7)8)22-20(27)23-21(4,5)6/h11-13,15H,9-10,14H2,1-8H3,(H2,22,23,27)/t15-/m1/s1. The Morgan fingerprint density at radius 2 is 1.78 bits per heavy atom. The number of nitrogens with zero attached hydrogens (tertiary/aromatic N) is 2. The average molecular weight is 377 g/mol. The smallest absolute Gasteiger partial charge is 0.319 e. The highest BCUT2D eigenvalue weighted by Crippen LogP contribution is 2.26. The van der Waals surface area contributed by atoms with Gasteiger partial charge in [0.05, 0.1) is 0 Å². The fourth-order valence-corrected chi connectivity index (χ4v) is 2.83. The molecule has 0 aliphatic heterocycles. The first kappa shape index (κ1) is 22.8. The van der Waals surface area contributed by atoms with Gasteiger partial charge in [-0.2, -0.15) is 0 Å². The molecule has 0 aliphatic carbocycles. The maximum absolute atomic E-state index is 12.4. The van der Waals surface area contributed by atoms with Crippen LogP contribution in [0.4, 0.5) is 16.2 Å². The Bertz CT molecular complexity index is 650. The van der Waals surface area contributed by atoms with E-state index in [2.05, 4.69) is 24.5 Å². The molecule has 0 saturated carbocycles. The zero-order valence-corrected chi connectivity index (χ0v) is 18.1. The Kier molecular flexibility index (Phi) is 8.13. The molecule has 0 aromatic heterocycles. The van der Waals surface area contributed by atoms with Crippen molar-refractivity contribution >= 4 is 23.3 Å². The molecule has 0 saturated heterocycles. The van der Waals surface area contributed by atoms with Crippen molar-refractivity contribution in [2.75, 3.05) is 24.3 Å². The van der Waals surface area contributed by atoms with Crippen molar-refractivity contribution < 1.29 is 9.59 Å². The van der Waals surface area contributed by atoms with Crippen LogP contribution in [0.25, 0.3) is 0 Å². The SMILES string of the molecule is CCC(=O)N(Cc1cc(NC(=O)NC(C)(C)C)ccc1N(C)C)[C@H](C)CC. The van der Waals surface area contributed by atoms with Crippen LogP contribution in [0.2, 0.25) is 0 Å². The molecule has 1 aromatic rings. The largest absolute Gasteiger partial charge is 0.377 e. The number of nitrogens with one attached hydrogen (secondary N) is 2. The summed E-state index contributed by atoms with van der Waals surface area (Å²) < 4.78 is 0. The van der Waals surface area contributed by atoms with E-state index in [0.717, 1.165) is 17.7 Å². The number of amides is 3. The van der Waals surface area contributed by atoms with Crippen molar-refractivity contribution in [3.63, 3.8) is 0 Å². The zero-order chi connectivity index (χ0) is 20.8. The average Bonchev–Trinajstić information content (AvgIpc) is 2.56. The Labute approximate surface area is 164 Å². The normalized spacial score (nSPS) is 12.3. The number of benzene rings is 1. The van der Waals surface area contributed by atoms with Gasteiger partial charge in [-0.05, 0) is 57.9 Å². The number of rotatable bonds is 7. The fraction of sp³-hybridized carbons (Fsp3) is 0.619. The minimum atomic E-state index is -0.308. The molecule has 152 valence electrons. The van der Waals surface area contributed by atoms with Gasteiger partial charge in [0.15, 0.2) is 0 Å². The van der Waals surface area contributed by atoms with Gasteiger partial charge in [-0.25, -0.2) is 4.79 Å². The lowest BCUT2D eigenvalue weighted by Crippen LogP contribution is -2.43. The second kappa shape index (κ2) is 9.62. The molecular weight excluding hydrogens is 340 g/mol. The van der Waals surface area contributed by atoms with Gasteiger partial charge in [-0.3, -0.25) is 4.79 Å². The summed E-state index contributed by atoms with van der Waals surface area (Å²) in [5.74, 6) is 0.137. The lowest BCUT2D eigenvalue weighted by molar-refractivity contribution is -0.133. The molecule has 2 N–H and O–H groups in total. The molecule has 0 unspecified atom stereocenters. The number of hydrogen-bond acceptors (Lipinski definition) is 3. The Morgan fingerprint density at radius 3 is 2.26 bits per heavy atom. The molecule has 6 heteroatoms. The molecule has 6 nitrogen and oxygen atoms in total. The summed E-state index contributed by atoms with van der Waals surface area (Å²) >= 11 is 0. The van der Waals surface area contributed by atoms with Crippen LogP contribution < -0.4 is 15.5 Å². The third kappa shape index (κ3) is 7.12. The third-order valence-corrected chi connectivity index (χ3v) is 4.39. The van der Waals surface area contributed by atoms with Crippen LogP contribution >= 0.6 is 0 Å². The molecule has 0 fully saturated rings. The molecule has 1 atom stereocenters. The maximum atomic E-state index is 12.4. The summed E-state index contributed by atoms with van der Waals surface area (Å²) in [6, 6.07) is 5.74. The van der Waals surface area contributed by atoms with Gasteiger partial charge in [0.1, 0.15) is 0 Å². The summed E-state index contributed by atoms with van der Waals surface area (Å²) in [4.78, 5) is 28.6. The van der Waals surface area contributed by atoms with Crippen molar-refractivity contribution in [3.8, 4) is 0 Å². The summed E-state index contributed by atoms with van der Waals surface area (Å²) in [6.45, 7) is 12.4. The van der Waals surface area contributed by atoms with Crippen molar-refractivity contribution in [1.29, 1.82) is 0 Å². The fourth-order valence-electron chi connectivity index (χ4n) is 2.83. The number of urea groups is 1. The van der Waals surface area contributed by atoms with E-state index in [4.69, 9.17) is 0 Å². The highest BCUT2D eigenvalue weighted by atomic mass is 16.2. The first-order valence-corrected chi connectivity index (χ1v) is 9.67. The Morgan fingerprint density at radius 1 is 1.15 bits per heavy atom. The molecule has 0 radical (unpaired) electrons. The van der Waals surface area contributed by atoms with Crippen LogP contribution in [-0.4, -0.2) is 42.5 Å².